The highest BCUT2D eigenvalue weighted by Crippen LogP contribution is 2.27. The van der Waals surface area contributed by atoms with Gasteiger partial charge >= 0.3 is 0 Å². The highest BCUT2D eigenvalue weighted by Gasteiger charge is 2.22. The second-order valence-electron chi connectivity index (χ2n) is 9.28. The Balaban J connectivity index is 0.00000289. The predicted molar refractivity (Wildman–Crippen MR) is 131 cm³/mol. The third-order valence-corrected chi connectivity index (χ3v) is 6.79. The molecule has 3 N–H and O–H groups in total. The van der Waals surface area contributed by atoms with Crippen LogP contribution in [0.25, 0.3) is 11.3 Å². The van der Waals surface area contributed by atoms with E-state index in [1.165, 1.54) is 12.8 Å². The highest BCUT2D eigenvalue weighted by atomic mass is 16.2. The first-order valence-corrected chi connectivity index (χ1v) is 11.7. The Morgan fingerprint density at radius 1 is 1.16 bits per heavy atom. The van der Waals surface area contributed by atoms with E-state index in [9.17, 15) is 4.79 Å². The molecule has 6 nitrogen and oxygen atoms in total. The molecule has 1 aliphatic carbocycles. The van der Waals surface area contributed by atoms with Crippen LogP contribution in [0, 0.1) is 11.8 Å². The van der Waals surface area contributed by atoms with Gasteiger partial charge in [-0.3, -0.25) is 9.78 Å². The van der Waals surface area contributed by atoms with E-state index in [0.29, 0.717) is 17.9 Å². The smallest absolute Gasteiger partial charge is 0.219 e. The van der Waals surface area contributed by atoms with Gasteiger partial charge in [0.05, 0.1) is 5.69 Å². The van der Waals surface area contributed by atoms with Gasteiger partial charge in [-0.05, 0) is 81.0 Å². The van der Waals surface area contributed by atoms with Crippen LogP contribution < -0.4 is 11.1 Å². The minimum atomic E-state index is 0. The lowest BCUT2D eigenvalue weighted by atomic mass is 9.83. The molecule has 0 bridgehead atoms. The predicted octanol–water partition coefficient (Wildman–Crippen LogP) is 4.51. The van der Waals surface area contributed by atoms with Crippen LogP contribution in [0.15, 0.2) is 36.5 Å². The van der Waals surface area contributed by atoms with Gasteiger partial charge in [0.25, 0.3) is 0 Å². The van der Waals surface area contributed by atoms with Gasteiger partial charge in [-0.2, -0.15) is 0 Å². The van der Waals surface area contributed by atoms with Crippen LogP contribution in [0.3, 0.4) is 0 Å². The SMILES string of the molecule is C.CC(=O)N1CCC[C@@H](CNc2cccc(-c3ccnc(CC4CCC(N)CC4)c3)n2)C1. The first-order chi connectivity index (χ1) is 15.1. The number of hydrogen-bond donors (Lipinski definition) is 2. The lowest BCUT2D eigenvalue weighted by Gasteiger charge is -2.32. The molecule has 174 valence electrons. The van der Waals surface area contributed by atoms with Gasteiger partial charge < -0.3 is 16.0 Å². The van der Waals surface area contributed by atoms with Crippen LogP contribution in [-0.4, -0.2) is 46.5 Å². The van der Waals surface area contributed by atoms with E-state index < -0.39 is 0 Å². The van der Waals surface area contributed by atoms with Crippen LogP contribution in [0.2, 0.25) is 0 Å². The summed E-state index contributed by atoms with van der Waals surface area (Å²) in [6.07, 6.45) is 9.81. The molecule has 3 heterocycles. The largest absolute Gasteiger partial charge is 0.370 e. The van der Waals surface area contributed by atoms with Crippen molar-refractivity contribution in [2.24, 2.45) is 17.6 Å². The average Bonchev–Trinajstić information content (AvgIpc) is 2.80. The van der Waals surface area contributed by atoms with Crippen LogP contribution >= 0.6 is 0 Å². The lowest BCUT2D eigenvalue weighted by molar-refractivity contribution is -0.130. The fraction of sp³-hybridized carbons (Fsp3) is 0.577. The van der Waals surface area contributed by atoms with Gasteiger partial charge in [0.1, 0.15) is 5.82 Å². The molecule has 32 heavy (non-hydrogen) atoms. The van der Waals surface area contributed by atoms with Crippen molar-refractivity contribution >= 4 is 11.7 Å². The number of rotatable bonds is 6. The molecule has 0 unspecified atom stereocenters. The van der Waals surface area contributed by atoms with E-state index in [1.807, 2.05) is 23.2 Å². The number of pyridine rings is 2. The highest BCUT2D eigenvalue weighted by molar-refractivity contribution is 5.73. The first-order valence-electron chi connectivity index (χ1n) is 11.7. The lowest BCUT2D eigenvalue weighted by Crippen LogP contribution is -2.40. The molecule has 1 saturated heterocycles. The molecule has 2 aliphatic rings. The molecular weight excluding hydrogens is 398 g/mol. The number of amides is 1. The van der Waals surface area contributed by atoms with Crippen LogP contribution in [0.1, 0.15) is 58.6 Å². The van der Waals surface area contributed by atoms with Gasteiger partial charge in [-0.15, -0.1) is 0 Å². The minimum absolute atomic E-state index is 0. The summed E-state index contributed by atoms with van der Waals surface area (Å²) >= 11 is 0. The van der Waals surface area contributed by atoms with Gasteiger partial charge in [-0.25, -0.2) is 4.98 Å². The maximum absolute atomic E-state index is 11.7. The molecule has 2 fully saturated rings. The molecule has 1 saturated carbocycles. The van der Waals surface area contributed by atoms with E-state index >= 15 is 0 Å². The van der Waals surface area contributed by atoms with Crippen molar-refractivity contribution in [3.05, 3.63) is 42.2 Å². The Kier molecular flexibility index (Phi) is 8.62. The number of hydrogen-bond acceptors (Lipinski definition) is 5. The maximum atomic E-state index is 11.7. The molecule has 0 radical (unpaired) electrons. The fourth-order valence-electron chi connectivity index (χ4n) is 4.90. The Hall–Kier alpha value is -2.47. The number of nitrogens with one attached hydrogen (secondary N) is 1. The normalized spacial score (nSPS) is 23.3. The van der Waals surface area contributed by atoms with Crippen molar-refractivity contribution in [3.8, 4) is 11.3 Å². The molecule has 2 aromatic rings. The number of nitrogens with two attached hydrogens (primary N) is 1. The summed E-state index contributed by atoms with van der Waals surface area (Å²) in [6.45, 7) is 4.22. The van der Waals surface area contributed by atoms with E-state index in [2.05, 4.69) is 28.5 Å². The third kappa shape index (κ3) is 6.52. The number of aromatic nitrogens is 2. The van der Waals surface area contributed by atoms with Gasteiger partial charge in [-0.1, -0.05) is 13.5 Å². The second-order valence-corrected chi connectivity index (χ2v) is 9.28. The number of carbonyl (C=O) groups is 1. The number of anilines is 1. The first kappa shape index (κ1) is 24.2. The number of carbonyl (C=O) groups excluding carboxylic acids is 1. The summed E-state index contributed by atoms with van der Waals surface area (Å²) in [5.41, 5.74) is 9.27. The van der Waals surface area contributed by atoms with E-state index in [1.54, 1.807) is 6.92 Å². The van der Waals surface area contributed by atoms with Crippen molar-refractivity contribution < 1.29 is 4.79 Å². The monoisotopic (exact) mass is 437 g/mol. The zero-order valence-corrected chi connectivity index (χ0v) is 18.6. The van der Waals surface area contributed by atoms with Gasteiger partial charge in [0.2, 0.25) is 5.91 Å². The van der Waals surface area contributed by atoms with Gasteiger partial charge in [0.15, 0.2) is 0 Å². The molecule has 2 aromatic heterocycles. The molecular formula is C26H39N5O. The van der Waals surface area contributed by atoms with E-state index in [4.69, 9.17) is 10.7 Å². The molecule has 0 spiro atoms. The number of nitrogens with zero attached hydrogens (tertiary/aromatic N) is 3. The Bertz CT molecular complexity index is 878. The quantitative estimate of drug-likeness (QED) is 0.695. The summed E-state index contributed by atoms with van der Waals surface area (Å²) in [5.74, 6) is 2.22. The fourth-order valence-corrected chi connectivity index (χ4v) is 4.90. The summed E-state index contributed by atoms with van der Waals surface area (Å²) in [7, 11) is 0. The molecule has 1 aliphatic heterocycles. The molecule has 6 heteroatoms. The number of piperidine rings is 1. The Labute approximate surface area is 193 Å². The standard InChI is InChI=1S/C25H35N5O.CH4/c1-18(31)30-13-3-4-20(17-30)16-28-25-6-2-5-24(29-25)21-11-12-27-23(15-21)14-19-7-9-22(26)10-8-19;/h2,5-6,11-12,15,19-20,22H,3-4,7-10,13-14,16-17,26H2,1H3,(H,28,29);1H4/t19?,20-,22?;/m0./s1. The summed E-state index contributed by atoms with van der Waals surface area (Å²) in [5, 5.41) is 3.49. The zero-order valence-electron chi connectivity index (χ0n) is 18.6. The van der Waals surface area contributed by atoms with Gasteiger partial charge in [0, 0.05) is 50.1 Å². The molecule has 4 rings (SSSR count). The third-order valence-electron chi connectivity index (χ3n) is 6.79. The van der Waals surface area contributed by atoms with E-state index in [0.717, 1.165) is 74.5 Å². The maximum Gasteiger partial charge on any atom is 0.219 e. The average molecular weight is 438 g/mol. The van der Waals surface area contributed by atoms with Crippen molar-refractivity contribution in [3.63, 3.8) is 0 Å². The van der Waals surface area contributed by atoms with E-state index in [-0.39, 0.29) is 13.3 Å². The van der Waals surface area contributed by atoms with Crippen molar-refractivity contribution in [2.75, 3.05) is 25.0 Å². The van der Waals surface area contributed by atoms with Crippen LogP contribution in [0.4, 0.5) is 5.82 Å². The second kappa shape index (κ2) is 11.4. The zero-order chi connectivity index (χ0) is 21.6. The summed E-state index contributed by atoms with van der Waals surface area (Å²) in [4.78, 5) is 23.1. The summed E-state index contributed by atoms with van der Waals surface area (Å²) < 4.78 is 0. The topological polar surface area (TPSA) is 84.1 Å². The summed E-state index contributed by atoms with van der Waals surface area (Å²) in [6, 6.07) is 10.7. The van der Waals surface area contributed by atoms with Crippen molar-refractivity contribution in [1.29, 1.82) is 0 Å². The Morgan fingerprint density at radius 3 is 2.75 bits per heavy atom. The number of likely N-dealkylation sites (tertiary alicyclic amines) is 1. The Morgan fingerprint density at radius 2 is 1.97 bits per heavy atom. The van der Waals surface area contributed by atoms with Crippen LogP contribution in [-0.2, 0) is 11.2 Å². The minimum Gasteiger partial charge on any atom is -0.370 e. The molecule has 0 aromatic carbocycles. The molecule has 1 atom stereocenters. The van der Waals surface area contributed by atoms with Crippen LogP contribution in [0.5, 0.6) is 0 Å². The van der Waals surface area contributed by atoms with Crippen molar-refractivity contribution in [2.45, 2.75) is 65.3 Å². The van der Waals surface area contributed by atoms with Crippen molar-refractivity contribution in [1.82, 2.24) is 14.9 Å². The molecule has 1 amide bonds.